The first kappa shape index (κ1) is 15.3. The Hall–Kier alpha value is -2.20. The molecule has 3 aromatic rings. The maximum absolute atomic E-state index is 4.65. The summed E-state index contributed by atoms with van der Waals surface area (Å²) in [6, 6.07) is 8.19. The predicted octanol–water partition coefficient (Wildman–Crippen LogP) is 4.10. The van der Waals surface area contributed by atoms with Gasteiger partial charge < -0.3 is 4.98 Å². The highest BCUT2D eigenvalue weighted by Crippen LogP contribution is 2.31. The van der Waals surface area contributed by atoms with E-state index >= 15 is 0 Å². The SMILES string of the molecule is C[C@@H]1C[C@@H](C)CN(Cc2c(-c3cccnc3)[nH]c3cccnc23)C1. The zero-order chi connectivity index (χ0) is 16.5. The molecule has 0 saturated carbocycles. The van der Waals surface area contributed by atoms with Crippen LogP contribution >= 0.6 is 0 Å². The topological polar surface area (TPSA) is 44.8 Å². The minimum Gasteiger partial charge on any atom is -0.353 e. The first-order valence-corrected chi connectivity index (χ1v) is 8.79. The molecule has 0 aromatic carbocycles. The molecule has 2 atom stereocenters. The van der Waals surface area contributed by atoms with Crippen molar-refractivity contribution in [2.24, 2.45) is 11.8 Å². The summed E-state index contributed by atoms with van der Waals surface area (Å²) in [7, 11) is 0. The number of hydrogen-bond acceptors (Lipinski definition) is 3. The Kier molecular flexibility index (Phi) is 4.07. The minimum absolute atomic E-state index is 0.758. The van der Waals surface area contributed by atoms with Crippen molar-refractivity contribution < 1.29 is 0 Å². The third-order valence-electron chi connectivity index (χ3n) is 4.93. The summed E-state index contributed by atoms with van der Waals surface area (Å²) in [5, 5.41) is 0. The lowest BCUT2D eigenvalue weighted by atomic mass is 9.91. The number of H-pyrrole nitrogens is 1. The van der Waals surface area contributed by atoms with E-state index in [0.29, 0.717) is 0 Å². The van der Waals surface area contributed by atoms with Gasteiger partial charge in [-0.25, -0.2) is 0 Å². The van der Waals surface area contributed by atoms with Crippen molar-refractivity contribution >= 4 is 11.0 Å². The Morgan fingerprint density at radius 1 is 1.12 bits per heavy atom. The quantitative estimate of drug-likeness (QED) is 0.790. The number of piperidine rings is 1. The van der Waals surface area contributed by atoms with Crippen LogP contribution in [0.5, 0.6) is 0 Å². The van der Waals surface area contributed by atoms with Crippen LogP contribution in [0.25, 0.3) is 22.3 Å². The molecule has 4 rings (SSSR count). The van der Waals surface area contributed by atoms with Crippen molar-refractivity contribution in [1.82, 2.24) is 19.9 Å². The summed E-state index contributed by atoms with van der Waals surface area (Å²) < 4.78 is 0. The highest BCUT2D eigenvalue weighted by Gasteiger charge is 2.24. The largest absolute Gasteiger partial charge is 0.353 e. The molecule has 1 saturated heterocycles. The Morgan fingerprint density at radius 2 is 1.92 bits per heavy atom. The first-order chi connectivity index (χ1) is 11.7. The van der Waals surface area contributed by atoms with Gasteiger partial charge in [0.25, 0.3) is 0 Å². The Labute approximate surface area is 142 Å². The molecule has 1 fully saturated rings. The number of likely N-dealkylation sites (tertiary alicyclic amines) is 1. The number of rotatable bonds is 3. The van der Waals surface area contributed by atoms with E-state index in [-0.39, 0.29) is 0 Å². The maximum Gasteiger partial charge on any atom is 0.0930 e. The fraction of sp³-hybridized carbons (Fsp3) is 0.400. The average Bonchev–Trinajstić information content (AvgIpc) is 2.94. The Bertz CT molecular complexity index is 814. The molecular formula is C20H24N4. The molecule has 0 amide bonds. The van der Waals surface area contributed by atoms with Crippen molar-refractivity contribution in [2.45, 2.75) is 26.8 Å². The van der Waals surface area contributed by atoms with Crippen LogP contribution in [0.2, 0.25) is 0 Å². The van der Waals surface area contributed by atoms with Gasteiger partial charge in [0.2, 0.25) is 0 Å². The van der Waals surface area contributed by atoms with Crippen molar-refractivity contribution in [3.8, 4) is 11.3 Å². The summed E-state index contributed by atoms with van der Waals surface area (Å²) >= 11 is 0. The summed E-state index contributed by atoms with van der Waals surface area (Å²) in [4.78, 5) is 15.1. The molecule has 1 aliphatic heterocycles. The van der Waals surface area contributed by atoms with Gasteiger partial charge in [-0.1, -0.05) is 13.8 Å². The van der Waals surface area contributed by atoms with E-state index in [1.54, 1.807) is 0 Å². The zero-order valence-electron chi connectivity index (χ0n) is 14.4. The molecule has 0 bridgehead atoms. The molecule has 0 unspecified atom stereocenters. The fourth-order valence-electron chi connectivity index (χ4n) is 4.13. The molecular weight excluding hydrogens is 296 g/mol. The van der Waals surface area contributed by atoms with Crippen molar-refractivity contribution in [1.29, 1.82) is 0 Å². The van der Waals surface area contributed by atoms with Crippen LogP contribution in [-0.4, -0.2) is 32.9 Å². The van der Waals surface area contributed by atoms with Gasteiger partial charge in [-0.15, -0.1) is 0 Å². The van der Waals surface area contributed by atoms with Crippen molar-refractivity contribution in [2.75, 3.05) is 13.1 Å². The summed E-state index contributed by atoms with van der Waals surface area (Å²) in [6.45, 7) is 7.99. The average molecular weight is 320 g/mol. The molecule has 124 valence electrons. The third kappa shape index (κ3) is 2.94. The fourth-order valence-corrected chi connectivity index (χ4v) is 4.13. The van der Waals surface area contributed by atoms with Gasteiger partial charge in [-0.3, -0.25) is 14.9 Å². The van der Waals surface area contributed by atoms with E-state index < -0.39 is 0 Å². The highest BCUT2D eigenvalue weighted by molar-refractivity contribution is 5.87. The van der Waals surface area contributed by atoms with Gasteiger partial charge in [-0.2, -0.15) is 0 Å². The van der Waals surface area contributed by atoms with E-state index in [9.17, 15) is 0 Å². The molecule has 24 heavy (non-hydrogen) atoms. The normalized spacial score (nSPS) is 22.1. The number of nitrogens with one attached hydrogen (secondary N) is 1. The second-order valence-corrected chi connectivity index (χ2v) is 7.26. The first-order valence-electron chi connectivity index (χ1n) is 8.79. The van der Waals surface area contributed by atoms with Gasteiger partial charge in [-0.05, 0) is 42.5 Å². The summed E-state index contributed by atoms with van der Waals surface area (Å²) in [5.41, 5.74) is 5.76. The zero-order valence-corrected chi connectivity index (χ0v) is 14.4. The predicted molar refractivity (Wildman–Crippen MR) is 97.5 cm³/mol. The lowest BCUT2D eigenvalue weighted by Gasteiger charge is -2.35. The number of hydrogen-bond donors (Lipinski definition) is 1. The maximum atomic E-state index is 4.65. The standard InChI is InChI=1S/C20H24N4/c1-14-9-15(2)12-24(11-14)13-17-19(16-5-3-7-21-10-16)23-18-6-4-8-22-20(17)18/h3-8,10,14-15,23H,9,11-13H2,1-2H3/t14-,15-/m1/s1. The number of aromatic amines is 1. The van der Waals surface area contributed by atoms with E-state index in [1.165, 1.54) is 12.0 Å². The molecule has 3 aromatic heterocycles. The monoisotopic (exact) mass is 320 g/mol. The lowest BCUT2D eigenvalue weighted by Crippen LogP contribution is -2.38. The van der Waals surface area contributed by atoms with Gasteiger partial charge in [0.05, 0.1) is 16.7 Å². The molecule has 4 heterocycles. The van der Waals surface area contributed by atoms with Crippen LogP contribution in [0.4, 0.5) is 0 Å². The molecule has 0 radical (unpaired) electrons. The van der Waals surface area contributed by atoms with Crippen LogP contribution in [0.1, 0.15) is 25.8 Å². The van der Waals surface area contributed by atoms with Crippen LogP contribution in [0.15, 0.2) is 42.9 Å². The van der Waals surface area contributed by atoms with Crippen LogP contribution < -0.4 is 0 Å². The van der Waals surface area contributed by atoms with Crippen molar-refractivity contribution in [3.05, 3.63) is 48.4 Å². The molecule has 4 nitrogen and oxygen atoms in total. The highest BCUT2D eigenvalue weighted by atomic mass is 15.1. The van der Waals surface area contributed by atoms with Gasteiger partial charge in [0.15, 0.2) is 0 Å². The van der Waals surface area contributed by atoms with Gasteiger partial charge in [0, 0.05) is 49.4 Å². The molecule has 1 N–H and O–H groups in total. The molecule has 0 spiro atoms. The summed E-state index contributed by atoms with van der Waals surface area (Å²) in [6.07, 6.45) is 6.96. The van der Waals surface area contributed by atoms with E-state index in [2.05, 4.69) is 45.8 Å². The van der Waals surface area contributed by atoms with Crippen molar-refractivity contribution in [3.63, 3.8) is 0 Å². The minimum atomic E-state index is 0.758. The Morgan fingerprint density at radius 3 is 2.67 bits per heavy atom. The van der Waals surface area contributed by atoms with Crippen LogP contribution in [0.3, 0.4) is 0 Å². The summed E-state index contributed by atoms with van der Waals surface area (Å²) in [5.74, 6) is 1.52. The lowest BCUT2D eigenvalue weighted by molar-refractivity contribution is 0.135. The van der Waals surface area contributed by atoms with Gasteiger partial charge >= 0.3 is 0 Å². The van der Waals surface area contributed by atoms with Gasteiger partial charge in [0.1, 0.15) is 0 Å². The smallest absolute Gasteiger partial charge is 0.0930 e. The van der Waals surface area contributed by atoms with E-state index in [1.807, 2.05) is 30.7 Å². The van der Waals surface area contributed by atoms with Crippen LogP contribution in [0, 0.1) is 11.8 Å². The molecule has 4 heteroatoms. The number of nitrogens with zero attached hydrogens (tertiary/aromatic N) is 3. The molecule has 0 aliphatic carbocycles. The number of pyridine rings is 2. The van der Waals surface area contributed by atoms with Crippen LogP contribution in [-0.2, 0) is 6.54 Å². The third-order valence-corrected chi connectivity index (χ3v) is 4.93. The number of aromatic nitrogens is 3. The molecule has 1 aliphatic rings. The second-order valence-electron chi connectivity index (χ2n) is 7.26. The van der Waals surface area contributed by atoms with E-state index in [4.69, 9.17) is 0 Å². The Balaban J connectivity index is 1.75. The van der Waals surface area contributed by atoms with E-state index in [0.717, 1.165) is 53.8 Å². The second kappa shape index (κ2) is 6.36. The number of fused-ring (bicyclic) bond motifs is 1.